The normalized spacial score (nSPS) is 11.9. The van der Waals surface area contributed by atoms with Crippen LogP contribution in [0, 0.1) is 0 Å². The van der Waals surface area contributed by atoms with Crippen molar-refractivity contribution >= 4 is 46.0 Å². The summed E-state index contributed by atoms with van der Waals surface area (Å²) in [7, 11) is 1.69. The van der Waals surface area contributed by atoms with Gasteiger partial charge < -0.3 is 21.4 Å². The number of nitrogens with one attached hydrogen (secondary N) is 3. The van der Waals surface area contributed by atoms with E-state index in [0.717, 1.165) is 34.0 Å². The maximum Gasteiger partial charge on any atom is 0.319 e. The van der Waals surface area contributed by atoms with E-state index in [4.69, 9.17) is 17.3 Å². The number of rotatable bonds is 6. The Morgan fingerprint density at radius 3 is 2.75 bits per heavy atom. The van der Waals surface area contributed by atoms with Crippen LogP contribution in [0.25, 0.3) is 16.5 Å². The van der Waals surface area contributed by atoms with Crippen molar-refractivity contribution in [1.82, 2.24) is 10.3 Å². The molecule has 5 N–H and O–H groups in total. The molecule has 6 nitrogen and oxygen atoms in total. The van der Waals surface area contributed by atoms with Crippen molar-refractivity contribution in [2.75, 3.05) is 18.9 Å². The number of urea groups is 1. The highest BCUT2D eigenvalue weighted by molar-refractivity contribution is 6.30. The molecule has 7 heteroatoms. The number of carbonyl (C=O) groups is 1. The molecule has 0 saturated heterocycles. The van der Waals surface area contributed by atoms with Crippen LogP contribution in [0.3, 0.4) is 0 Å². The number of hydrogen-bond donors (Lipinski definition) is 4. The highest BCUT2D eigenvalue weighted by atomic mass is 35.5. The van der Waals surface area contributed by atoms with Gasteiger partial charge in [0, 0.05) is 53.7 Å². The monoisotopic (exact) mass is 395 g/mol. The molecule has 144 valence electrons. The summed E-state index contributed by atoms with van der Waals surface area (Å²) >= 11 is 5.88. The van der Waals surface area contributed by atoms with E-state index in [1.807, 2.05) is 42.5 Å². The van der Waals surface area contributed by atoms with Crippen molar-refractivity contribution in [3.05, 3.63) is 71.0 Å². The first-order valence-electron chi connectivity index (χ1n) is 8.85. The van der Waals surface area contributed by atoms with Crippen LogP contribution < -0.4 is 16.4 Å². The van der Waals surface area contributed by atoms with E-state index in [1.165, 1.54) is 6.20 Å². The lowest BCUT2D eigenvalue weighted by Crippen LogP contribution is -2.30. The maximum atomic E-state index is 12.3. The van der Waals surface area contributed by atoms with E-state index in [2.05, 4.69) is 20.6 Å². The Morgan fingerprint density at radius 1 is 1.25 bits per heavy atom. The fraction of sp³-hybridized carbons (Fsp3) is 0.143. The number of nitrogens with two attached hydrogens (primary N) is 1. The summed E-state index contributed by atoms with van der Waals surface area (Å²) in [5.74, 6) is 0. The van der Waals surface area contributed by atoms with Crippen LogP contribution in [0.5, 0.6) is 0 Å². The average molecular weight is 396 g/mol. The zero-order valence-electron chi connectivity index (χ0n) is 15.5. The van der Waals surface area contributed by atoms with Gasteiger partial charge in [-0.2, -0.15) is 0 Å². The van der Waals surface area contributed by atoms with Gasteiger partial charge >= 0.3 is 6.03 Å². The number of aromatic nitrogens is 1. The second-order valence-corrected chi connectivity index (χ2v) is 6.67. The Balaban J connectivity index is 1.66. The first kappa shape index (κ1) is 19.5. The zero-order valence-corrected chi connectivity index (χ0v) is 16.3. The number of nitrogens with zero attached hydrogens (tertiary/aromatic N) is 1. The van der Waals surface area contributed by atoms with Gasteiger partial charge in [0.2, 0.25) is 0 Å². The third-order valence-electron chi connectivity index (χ3n) is 4.32. The Bertz CT molecular complexity index is 1020. The van der Waals surface area contributed by atoms with E-state index in [9.17, 15) is 4.79 Å². The Morgan fingerprint density at radius 2 is 2.04 bits per heavy atom. The number of halogens is 1. The molecule has 0 unspecified atom stereocenters. The van der Waals surface area contributed by atoms with Gasteiger partial charge in [0.1, 0.15) is 0 Å². The molecule has 0 spiro atoms. The number of amides is 2. The molecule has 0 fully saturated rings. The lowest BCUT2D eigenvalue weighted by Gasteiger charge is -2.08. The summed E-state index contributed by atoms with van der Waals surface area (Å²) in [6, 6.07) is 13.2. The molecule has 2 amide bonds. The molecule has 0 bridgehead atoms. The smallest absolute Gasteiger partial charge is 0.319 e. The lowest BCUT2D eigenvalue weighted by atomic mass is 10.1. The standard InChI is InChI=1S/C21H22ClN5O/c1-24-12-16(11-23)15-4-7-19-18(10-15)20(13-26-19)27-21(28)25-9-8-14-2-5-17(22)6-3-14/h2-7,10-13,26H,8-9,23H2,1H3,(H2,25,27,28)/b16-11+,24-12?. The molecule has 28 heavy (non-hydrogen) atoms. The fourth-order valence-corrected chi connectivity index (χ4v) is 3.02. The third-order valence-corrected chi connectivity index (χ3v) is 4.58. The summed E-state index contributed by atoms with van der Waals surface area (Å²) in [6.07, 6.45) is 5.71. The van der Waals surface area contributed by atoms with Gasteiger partial charge in [0.05, 0.1) is 5.69 Å². The Hall–Kier alpha value is -3.25. The molecule has 0 radical (unpaired) electrons. The topological polar surface area (TPSA) is 95.3 Å². The van der Waals surface area contributed by atoms with Gasteiger partial charge in [-0.3, -0.25) is 4.99 Å². The van der Waals surface area contributed by atoms with Crippen LogP contribution in [-0.4, -0.2) is 30.8 Å². The van der Waals surface area contributed by atoms with Crippen LogP contribution in [0.2, 0.25) is 5.02 Å². The minimum Gasteiger partial charge on any atom is -0.404 e. The fourth-order valence-electron chi connectivity index (χ4n) is 2.89. The van der Waals surface area contributed by atoms with Crippen LogP contribution in [-0.2, 0) is 6.42 Å². The minimum absolute atomic E-state index is 0.259. The number of fused-ring (bicyclic) bond motifs is 1. The van der Waals surface area contributed by atoms with Crippen molar-refractivity contribution in [1.29, 1.82) is 0 Å². The number of H-pyrrole nitrogens is 1. The first-order chi connectivity index (χ1) is 13.6. The van der Waals surface area contributed by atoms with E-state index in [1.54, 1.807) is 19.5 Å². The SMILES string of the molecule is CN=C/C(=C\N)c1ccc2[nH]cc(NC(=O)NCCc3ccc(Cl)cc3)c2c1. The van der Waals surface area contributed by atoms with Crippen molar-refractivity contribution in [2.24, 2.45) is 10.7 Å². The Kier molecular flexibility index (Phi) is 6.34. The van der Waals surface area contributed by atoms with Crippen molar-refractivity contribution in [2.45, 2.75) is 6.42 Å². The van der Waals surface area contributed by atoms with Crippen molar-refractivity contribution in [3.8, 4) is 0 Å². The number of hydrogen-bond acceptors (Lipinski definition) is 3. The predicted molar refractivity (Wildman–Crippen MR) is 117 cm³/mol. The highest BCUT2D eigenvalue weighted by Crippen LogP contribution is 2.26. The second-order valence-electron chi connectivity index (χ2n) is 6.23. The number of anilines is 1. The summed E-state index contributed by atoms with van der Waals surface area (Å²) in [5, 5.41) is 7.36. The van der Waals surface area contributed by atoms with Crippen LogP contribution in [0.4, 0.5) is 10.5 Å². The average Bonchev–Trinajstić information content (AvgIpc) is 3.09. The molecule has 0 aliphatic heterocycles. The van der Waals surface area contributed by atoms with E-state index in [-0.39, 0.29) is 6.03 Å². The molecule has 1 aromatic heterocycles. The van der Waals surface area contributed by atoms with E-state index in [0.29, 0.717) is 17.3 Å². The molecular weight excluding hydrogens is 374 g/mol. The number of allylic oxidation sites excluding steroid dienone is 1. The summed E-state index contributed by atoms with van der Waals surface area (Å²) < 4.78 is 0. The third kappa shape index (κ3) is 4.72. The minimum atomic E-state index is -0.259. The van der Waals surface area contributed by atoms with Crippen molar-refractivity contribution < 1.29 is 4.79 Å². The van der Waals surface area contributed by atoms with Gasteiger partial charge in [0.25, 0.3) is 0 Å². The second kappa shape index (κ2) is 9.10. The number of carbonyl (C=O) groups excluding carboxylic acids is 1. The zero-order chi connectivity index (χ0) is 19.9. The van der Waals surface area contributed by atoms with Crippen LogP contribution in [0.1, 0.15) is 11.1 Å². The molecule has 1 heterocycles. The predicted octanol–water partition coefficient (Wildman–Crippen LogP) is 4.19. The van der Waals surface area contributed by atoms with Gasteiger partial charge in [-0.05, 0) is 41.8 Å². The van der Waals surface area contributed by atoms with Crippen molar-refractivity contribution in [3.63, 3.8) is 0 Å². The van der Waals surface area contributed by atoms with Crippen LogP contribution in [0.15, 0.2) is 59.9 Å². The van der Waals surface area contributed by atoms with Gasteiger partial charge in [-0.1, -0.05) is 29.8 Å². The highest BCUT2D eigenvalue weighted by Gasteiger charge is 2.09. The number of aliphatic imine (C=N–C) groups is 1. The molecule has 0 aliphatic rings. The van der Waals surface area contributed by atoms with E-state index < -0.39 is 0 Å². The van der Waals surface area contributed by atoms with Gasteiger partial charge in [-0.25, -0.2) is 4.79 Å². The Labute approximate surface area is 168 Å². The molecule has 0 saturated carbocycles. The lowest BCUT2D eigenvalue weighted by molar-refractivity contribution is 0.252. The van der Waals surface area contributed by atoms with Gasteiger partial charge in [-0.15, -0.1) is 0 Å². The summed E-state index contributed by atoms with van der Waals surface area (Å²) in [6.45, 7) is 0.522. The van der Waals surface area contributed by atoms with Gasteiger partial charge in [0.15, 0.2) is 0 Å². The quantitative estimate of drug-likeness (QED) is 0.471. The summed E-state index contributed by atoms with van der Waals surface area (Å²) in [5.41, 5.74) is 10.2. The number of aromatic amines is 1. The van der Waals surface area contributed by atoms with E-state index >= 15 is 0 Å². The molecule has 3 aromatic rings. The molecule has 0 atom stereocenters. The largest absolute Gasteiger partial charge is 0.404 e. The van der Waals surface area contributed by atoms with Crippen LogP contribution >= 0.6 is 11.6 Å². The maximum absolute atomic E-state index is 12.3. The number of benzene rings is 2. The summed E-state index contributed by atoms with van der Waals surface area (Å²) in [4.78, 5) is 19.4. The molecular formula is C21H22ClN5O. The molecule has 2 aromatic carbocycles. The first-order valence-corrected chi connectivity index (χ1v) is 9.23. The molecule has 0 aliphatic carbocycles. The molecule has 3 rings (SSSR count).